The van der Waals surface area contributed by atoms with Crippen molar-refractivity contribution in [2.45, 2.75) is 37.5 Å². The van der Waals surface area contributed by atoms with Gasteiger partial charge in [-0.25, -0.2) is 5.26 Å². The van der Waals surface area contributed by atoms with Gasteiger partial charge in [0.1, 0.15) is 4.90 Å². The molecule has 0 amide bonds. The minimum atomic E-state index is -4.66. The van der Waals surface area contributed by atoms with E-state index < -0.39 is 10.1 Å². The van der Waals surface area contributed by atoms with Crippen molar-refractivity contribution < 1.29 is 27.6 Å². The molecule has 2 aromatic carbocycles. The van der Waals surface area contributed by atoms with Gasteiger partial charge >= 0.3 is 0 Å². The minimum absolute atomic E-state index is 0.163. The molecule has 0 aliphatic carbocycles. The fourth-order valence-corrected chi connectivity index (χ4v) is 5.32. The van der Waals surface area contributed by atoms with Crippen molar-refractivity contribution in [2.75, 3.05) is 58.1 Å². The first kappa shape index (κ1) is 36.0. The monoisotopic (exact) mass is 700 g/mol. The molecule has 0 radical (unpaired) electrons. The largest absolute Gasteiger partial charge is 0.354 e. The van der Waals surface area contributed by atoms with Crippen LogP contribution < -0.4 is 31.9 Å². The van der Waals surface area contributed by atoms with Gasteiger partial charge in [0.25, 0.3) is 10.1 Å². The zero-order chi connectivity index (χ0) is 34.5. The van der Waals surface area contributed by atoms with Crippen LogP contribution in [0, 0.1) is 0 Å². The summed E-state index contributed by atoms with van der Waals surface area (Å²) < 4.78 is 39.7. The summed E-state index contributed by atoms with van der Waals surface area (Å²) in [5.41, 5.74) is 1.62. The SMILES string of the molecule is CCNc1nc(NCC)nc(Nc2ccc(/C=C/c3ccc(Nc4nc(NCC)nc(NCC)n4)cc3S(=O)(=O)O)c(SOOO)c2)n1. The third-order valence-corrected chi connectivity index (χ3v) is 7.60. The maximum Gasteiger partial charge on any atom is 0.295 e. The molecule has 0 unspecified atom stereocenters. The van der Waals surface area contributed by atoms with Gasteiger partial charge in [-0.3, -0.25) is 4.55 Å². The molecular weight excluding hydrogens is 665 g/mol. The molecule has 8 N–H and O–H groups in total. The van der Waals surface area contributed by atoms with Crippen molar-refractivity contribution in [2.24, 2.45) is 0 Å². The molecule has 0 saturated carbocycles. The Labute approximate surface area is 281 Å². The van der Waals surface area contributed by atoms with Gasteiger partial charge in [0.05, 0.1) is 12.0 Å². The second-order valence-corrected chi connectivity index (χ2v) is 11.7. The maximum absolute atomic E-state index is 12.4. The van der Waals surface area contributed by atoms with Crippen LogP contribution in [-0.2, 0) is 19.5 Å². The Balaban J connectivity index is 1.63. The van der Waals surface area contributed by atoms with Gasteiger partial charge in [0.2, 0.25) is 35.7 Å². The average molecular weight is 701 g/mol. The maximum atomic E-state index is 12.4. The molecule has 18 nitrogen and oxygen atoms in total. The molecule has 0 bridgehead atoms. The molecular formula is C28H36N12O6S2. The van der Waals surface area contributed by atoms with E-state index in [1.165, 1.54) is 18.2 Å². The van der Waals surface area contributed by atoms with E-state index in [1.54, 1.807) is 30.3 Å². The van der Waals surface area contributed by atoms with Crippen molar-refractivity contribution in [1.82, 2.24) is 29.9 Å². The normalized spacial score (nSPS) is 11.4. The zero-order valence-corrected chi connectivity index (χ0v) is 28.1. The van der Waals surface area contributed by atoms with Crippen LogP contribution in [0.25, 0.3) is 12.2 Å². The summed E-state index contributed by atoms with van der Waals surface area (Å²) in [6, 6.07) is 9.53. The van der Waals surface area contributed by atoms with Crippen LogP contribution in [0.3, 0.4) is 0 Å². The Bertz CT molecular complexity index is 1780. The molecule has 0 atom stereocenters. The summed E-state index contributed by atoms with van der Waals surface area (Å²) in [4.78, 5) is 26.1. The van der Waals surface area contributed by atoms with Gasteiger partial charge in [-0.2, -0.15) is 38.3 Å². The summed E-state index contributed by atoms with van der Waals surface area (Å²) >= 11 is 0.704. The highest BCUT2D eigenvalue weighted by atomic mass is 32.2. The van der Waals surface area contributed by atoms with E-state index in [0.29, 0.717) is 83.8 Å². The van der Waals surface area contributed by atoms with E-state index >= 15 is 0 Å². The van der Waals surface area contributed by atoms with Crippen molar-refractivity contribution >= 4 is 81.4 Å². The second-order valence-electron chi connectivity index (χ2n) is 9.52. The number of nitrogens with one attached hydrogen (secondary N) is 6. The summed E-state index contributed by atoms with van der Waals surface area (Å²) in [5, 5.41) is 30.8. The first-order valence-electron chi connectivity index (χ1n) is 14.8. The fourth-order valence-electron chi connectivity index (χ4n) is 4.10. The van der Waals surface area contributed by atoms with E-state index in [1.807, 2.05) is 27.7 Å². The number of rotatable bonds is 18. The molecule has 2 aromatic heterocycles. The Morgan fingerprint density at radius 1 is 0.667 bits per heavy atom. The summed E-state index contributed by atoms with van der Waals surface area (Å²) in [5.74, 6) is 1.87. The van der Waals surface area contributed by atoms with Crippen molar-refractivity contribution in [1.29, 1.82) is 0 Å². The first-order valence-corrected chi connectivity index (χ1v) is 16.9. The Hall–Kier alpha value is -4.86. The molecule has 4 rings (SSSR count). The standard InChI is InChI=1S/C28H36N12O6S2/c1-5-29-23-35-24(30-6-2)38-27(37-23)33-19-13-11-17(21(15-19)47-46-45-41)9-10-18-12-14-20(16-22(18)48(42,43)44)34-28-39-25(31-7-3)36-26(40-28)32-8-4/h9-16,41H,5-8H2,1-4H3,(H,42,43,44)(H3,29,30,33,35,37,38)(H3,31,32,34,36,39,40)/b10-9+. The van der Waals surface area contributed by atoms with Crippen molar-refractivity contribution in [3.63, 3.8) is 0 Å². The van der Waals surface area contributed by atoms with Crippen LogP contribution in [0.15, 0.2) is 46.2 Å². The lowest BCUT2D eigenvalue weighted by molar-refractivity contribution is -0.432. The molecule has 4 aromatic rings. The highest BCUT2D eigenvalue weighted by Crippen LogP contribution is 2.31. The lowest BCUT2D eigenvalue weighted by Gasteiger charge is -2.12. The molecule has 0 aliphatic heterocycles. The van der Waals surface area contributed by atoms with Gasteiger partial charge in [0.15, 0.2) is 0 Å². The smallest absolute Gasteiger partial charge is 0.295 e. The molecule has 0 saturated heterocycles. The highest BCUT2D eigenvalue weighted by molar-refractivity contribution is 7.94. The van der Waals surface area contributed by atoms with Crippen molar-refractivity contribution in [3.05, 3.63) is 47.5 Å². The van der Waals surface area contributed by atoms with Gasteiger partial charge in [-0.15, -0.1) is 4.33 Å². The third kappa shape index (κ3) is 10.3. The molecule has 20 heteroatoms. The van der Waals surface area contributed by atoms with Crippen LogP contribution in [0.2, 0.25) is 0 Å². The second kappa shape index (κ2) is 17.3. The Kier molecular flexibility index (Phi) is 13.0. The van der Waals surface area contributed by atoms with E-state index in [-0.39, 0.29) is 22.4 Å². The van der Waals surface area contributed by atoms with Crippen molar-refractivity contribution in [3.8, 4) is 0 Å². The van der Waals surface area contributed by atoms with Gasteiger partial charge in [-0.05, 0) is 63.1 Å². The lowest BCUT2D eigenvalue weighted by atomic mass is 10.1. The first-order chi connectivity index (χ1) is 23.1. The van der Waals surface area contributed by atoms with E-state index in [2.05, 4.69) is 66.8 Å². The average Bonchev–Trinajstić information content (AvgIpc) is 3.04. The molecule has 0 fully saturated rings. The van der Waals surface area contributed by atoms with E-state index in [0.717, 1.165) is 0 Å². The Morgan fingerprint density at radius 2 is 1.08 bits per heavy atom. The third-order valence-electron chi connectivity index (χ3n) is 6.02. The van der Waals surface area contributed by atoms with Gasteiger partial charge in [0, 0.05) is 42.4 Å². The molecule has 2 heterocycles. The minimum Gasteiger partial charge on any atom is -0.354 e. The van der Waals surface area contributed by atoms with Crippen LogP contribution >= 0.6 is 12.0 Å². The number of anilines is 8. The summed E-state index contributed by atoms with van der Waals surface area (Å²) in [7, 11) is -4.66. The predicted octanol–water partition coefficient (Wildman–Crippen LogP) is 5.12. The number of nitrogens with zero attached hydrogens (tertiary/aromatic N) is 6. The summed E-state index contributed by atoms with van der Waals surface area (Å²) in [6.45, 7) is 10.0. The zero-order valence-electron chi connectivity index (χ0n) is 26.5. The van der Waals surface area contributed by atoms with Crippen LogP contribution in [0.5, 0.6) is 0 Å². The predicted molar refractivity (Wildman–Crippen MR) is 185 cm³/mol. The molecule has 256 valence electrons. The van der Waals surface area contributed by atoms with Gasteiger partial charge < -0.3 is 31.9 Å². The topological polar surface area (TPSA) is 243 Å². The van der Waals surface area contributed by atoms with Crippen LogP contribution in [0.1, 0.15) is 38.8 Å². The lowest BCUT2D eigenvalue weighted by Crippen LogP contribution is -2.11. The number of hydrogen-bond acceptors (Lipinski definition) is 18. The Morgan fingerprint density at radius 3 is 1.52 bits per heavy atom. The van der Waals surface area contributed by atoms with E-state index in [4.69, 9.17) is 9.59 Å². The quantitative estimate of drug-likeness (QED) is 0.0221. The molecule has 48 heavy (non-hydrogen) atoms. The van der Waals surface area contributed by atoms with Crippen LogP contribution in [-0.4, -0.2) is 74.3 Å². The number of aromatic nitrogens is 6. The van der Waals surface area contributed by atoms with E-state index in [9.17, 15) is 13.0 Å². The number of benzene rings is 2. The van der Waals surface area contributed by atoms with Gasteiger partial charge in [-0.1, -0.05) is 29.3 Å². The van der Waals surface area contributed by atoms with Crippen LogP contribution in [0.4, 0.5) is 47.1 Å². The molecule has 0 spiro atoms. The molecule has 0 aliphatic rings. The highest BCUT2D eigenvalue weighted by Gasteiger charge is 2.17. The fraction of sp³-hybridized carbons (Fsp3) is 0.286. The summed E-state index contributed by atoms with van der Waals surface area (Å²) in [6.07, 6.45) is 3.11. The number of hydrogen-bond donors (Lipinski definition) is 8.